The van der Waals surface area contributed by atoms with Gasteiger partial charge in [0.25, 0.3) is 0 Å². The van der Waals surface area contributed by atoms with Crippen LogP contribution in [0.1, 0.15) is 0 Å². The van der Waals surface area contributed by atoms with E-state index in [1.54, 1.807) is 0 Å². The highest BCUT2D eigenvalue weighted by atomic mass is 79.9. The van der Waals surface area contributed by atoms with Crippen molar-refractivity contribution in [1.29, 1.82) is 0 Å². The minimum atomic E-state index is 0.954. The van der Waals surface area contributed by atoms with E-state index in [0.717, 1.165) is 46.9 Å². The predicted molar refractivity (Wildman–Crippen MR) is 113 cm³/mol. The van der Waals surface area contributed by atoms with E-state index in [9.17, 15) is 0 Å². The maximum Gasteiger partial charge on any atom is 0.0482 e. The predicted octanol–water partition coefficient (Wildman–Crippen LogP) is 9.45. The molecule has 0 heterocycles. The lowest BCUT2D eigenvalue weighted by molar-refractivity contribution is 1.43. The van der Waals surface area contributed by atoms with Crippen molar-refractivity contribution < 1.29 is 0 Å². The summed E-state index contributed by atoms with van der Waals surface area (Å²) < 4.78 is 7.77. The molecule has 2 rings (SSSR count). The van der Waals surface area contributed by atoms with Crippen molar-refractivity contribution in [3.63, 3.8) is 0 Å². The SMILES string of the molecule is Brc1cc(-c2c(Br)c(Br)c(Br)c(Br)c2Br)cc(Br)c1Br. The van der Waals surface area contributed by atoms with Crippen molar-refractivity contribution >= 4 is 127 Å². The molecule has 0 fully saturated rings. The maximum atomic E-state index is 3.65. The molecule has 106 valence electrons. The molecule has 0 spiro atoms. The summed E-state index contributed by atoms with van der Waals surface area (Å²) in [5.41, 5.74) is 2.13. The van der Waals surface area contributed by atoms with Crippen LogP contribution in [0.25, 0.3) is 11.1 Å². The van der Waals surface area contributed by atoms with E-state index in [2.05, 4.69) is 140 Å². The van der Waals surface area contributed by atoms with Crippen LogP contribution >= 0.6 is 127 Å². The van der Waals surface area contributed by atoms with E-state index in [4.69, 9.17) is 0 Å². The van der Waals surface area contributed by atoms with Crippen LogP contribution < -0.4 is 0 Å². The Labute approximate surface area is 183 Å². The Hall–Kier alpha value is 2.28. The zero-order valence-electron chi connectivity index (χ0n) is 9.18. The van der Waals surface area contributed by atoms with E-state index in [-0.39, 0.29) is 0 Å². The van der Waals surface area contributed by atoms with Crippen molar-refractivity contribution in [3.05, 3.63) is 47.9 Å². The molecule has 2 aromatic carbocycles. The molecule has 0 aliphatic carbocycles. The molecule has 0 N–H and O–H groups in total. The van der Waals surface area contributed by atoms with Crippen LogP contribution in [-0.4, -0.2) is 0 Å². The molecule has 0 aromatic heterocycles. The van der Waals surface area contributed by atoms with E-state index in [1.807, 2.05) is 0 Å². The zero-order chi connectivity index (χ0) is 15.2. The normalized spacial score (nSPS) is 11.0. The van der Waals surface area contributed by atoms with Crippen molar-refractivity contribution in [3.8, 4) is 11.1 Å². The molecule has 0 aliphatic heterocycles. The standard InChI is InChI=1S/C12H2Br8/c13-4-1-3(2-5(14)7(4)15)6-8(16)10(18)12(20)11(19)9(6)17/h1-2H. The van der Waals surface area contributed by atoms with Gasteiger partial charge in [0, 0.05) is 41.3 Å². The fourth-order valence-electron chi connectivity index (χ4n) is 1.56. The molecule has 0 saturated heterocycles. The fraction of sp³-hybridized carbons (Fsp3) is 0. The summed E-state index contributed by atoms with van der Waals surface area (Å²) in [6.45, 7) is 0. The molecular formula is C12H2Br8. The van der Waals surface area contributed by atoms with Crippen LogP contribution in [0.3, 0.4) is 0 Å². The van der Waals surface area contributed by atoms with Crippen LogP contribution in [0.4, 0.5) is 0 Å². The molecule has 20 heavy (non-hydrogen) atoms. The molecule has 0 amide bonds. The van der Waals surface area contributed by atoms with Gasteiger partial charge in [0.2, 0.25) is 0 Å². The smallest absolute Gasteiger partial charge is 0.0482 e. The van der Waals surface area contributed by atoms with E-state index in [1.165, 1.54) is 0 Å². The van der Waals surface area contributed by atoms with E-state index >= 15 is 0 Å². The number of rotatable bonds is 1. The van der Waals surface area contributed by atoms with Gasteiger partial charge in [-0.25, -0.2) is 0 Å². The lowest BCUT2D eigenvalue weighted by Gasteiger charge is -2.15. The van der Waals surface area contributed by atoms with Crippen LogP contribution in [0, 0.1) is 0 Å². The zero-order valence-corrected chi connectivity index (χ0v) is 21.9. The number of benzene rings is 2. The van der Waals surface area contributed by atoms with Gasteiger partial charge in [-0.15, -0.1) is 0 Å². The Balaban J connectivity index is 2.83. The van der Waals surface area contributed by atoms with Gasteiger partial charge in [-0.3, -0.25) is 0 Å². The van der Waals surface area contributed by atoms with Crippen molar-refractivity contribution in [2.24, 2.45) is 0 Å². The Morgan fingerprint density at radius 1 is 0.450 bits per heavy atom. The lowest BCUT2D eigenvalue weighted by atomic mass is 10.1. The molecular weight excluding hydrogens is 783 g/mol. The van der Waals surface area contributed by atoms with E-state index in [0.29, 0.717) is 0 Å². The second-order valence-electron chi connectivity index (χ2n) is 3.70. The summed E-state index contributed by atoms with van der Waals surface area (Å²) in [4.78, 5) is 0. The third kappa shape index (κ3) is 3.52. The van der Waals surface area contributed by atoms with Gasteiger partial charge in [-0.05, 0) is 145 Å². The first-order valence-electron chi connectivity index (χ1n) is 4.92. The average Bonchev–Trinajstić information content (AvgIpc) is 2.40. The summed E-state index contributed by atoms with van der Waals surface area (Å²) in [5.74, 6) is 0. The highest BCUT2D eigenvalue weighted by Crippen LogP contribution is 2.49. The molecule has 0 unspecified atom stereocenters. The summed E-state index contributed by atoms with van der Waals surface area (Å²) in [5, 5.41) is 0. The second-order valence-corrected chi connectivity index (χ2v) is 10.2. The molecule has 2 aromatic rings. The summed E-state index contributed by atoms with van der Waals surface area (Å²) in [7, 11) is 0. The minimum Gasteiger partial charge on any atom is -0.0495 e. The lowest BCUT2D eigenvalue weighted by Crippen LogP contribution is -1.89. The molecule has 0 bridgehead atoms. The Morgan fingerprint density at radius 3 is 1.20 bits per heavy atom. The van der Waals surface area contributed by atoms with Gasteiger partial charge in [-0.2, -0.15) is 0 Å². The average molecular weight is 785 g/mol. The first-order valence-corrected chi connectivity index (χ1v) is 11.3. The van der Waals surface area contributed by atoms with Crippen LogP contribution in [0.15, 0.2) is 47.9 Å². The van der Waals surface area contributed by atoms with Gasteiger partial charge in [-0.1, -0.05) is 0 Å². The molecule has 0 atom stereocenters. The molecule has 0 nitrogen and oxygen atoms in total. The maximum absolute atomic E-state index is 3.65. The first kappa shape index (κ1) is 18.6. The third-order valence-corrected chi connectivity index (χ3v) is 11.7. The Morgan fingerprint density at radius 2 is 0.800 bits per heavy atom. The van der Waals surface area contributed by atoms with Crippen LogP contribution in [0.2, 0.25) is 0 Å². The third-order valence-electron chi connectivity index (χ3n) is 2.48. The second kappa shape index (κ2) is 7.45. The van der Waals surface area contributed by atoms with Crippen molar-refractivity contribution in [2.75, 3.05) is 0 Å². The Bertz CT molecular complexity index is 655. The summed E-state index contributed by atoms with van der Waals surface area (Å²) in [6.07, 6.45) is 0. The van der Waals surface area contributed by atoms with Gasteiger partial charge >= 0.3 is 0 Å². The summed E-state index contributed by atoms with van der Waals surface area (Å²) in [6, 6.07) is 4.12. The first-order chi connectivity index (χ1) is 9.25. The molecule has 0 aliphatic rings. The van der Waals surface area contributed by atoms with Crippen molar-refractivity contribution in [1.82, 2.24) is 0 Å². The van der Waals surface area contributed by atoms with Gasteiger partial charge in [0.05, 0.1) is 0 Å². The highest BCUT2D eigenvalue weighted by molar-refractivity contribution is 9.16. The number of hydrogen-bond donors (Lipinski definition) is 0. The topological polar surface area (TPSA) is 0 Å². The molecule has 0 saturated carbocycles. The molecule has 8 heteroatoms. The highest BCUT2D eigenvalue weighted by Gasteiger charge is 2.20. The van der Waals surface area contributed by atoms with Gasteiger partial charge < -0.3 is 0 Å². The van der Waals surface area contributed by atoms with Gasteiger partial charge in [0.15, 0.2) is 0 Å². The van der Waals surface area contributed by atoms with Crippen molar-refractivity contribution in [2.45, 2.75) is 0 Å². The van der Waals surface area contributed by atoms with Crippen LogP contribution in [0.5, 0.6) is 0 Å². The minimum absolute atomic E-state index is 0.954. The number of halogens is 8. The van der Waals surface area contributed by atoms with Crippen LogP contribution in [-0.2, 0) is 0 Å². The molecule has 0 radical (unpaired) electrons. The quantitative estimate of drug-likeness (QED) is 0.200. The van der Waals surface area contributed by atoms with Gasteiger partial charge in [0.1, 0.15) is 0 Å². The number of hydrogen-bond acceptors (Lipinski definition) is 0. The Kier molecular flexibility index (Phi) is 6.93. The van der Waals surface area contributed by atoms with E-state index < -0.39 is 0 Å². The summed E-state index contributed by atoms with van der Waals surface area (Å²) >= 11 is 28.7. The monoisotopic (exact) mass is 777 g/mol. The fourth-order valence-corrected chi connectivity index (χ4v) is 6.48. The largest absolute Gasteiger partial charge is 0.0495 e.